The number of piperidine rings is 1. The van der Waals surface area contributed by atoms with Crippen LogP contribution in [-0.4, -0.2) is 32.3 Å². The Bertz CT molecular complexity index is 1360. The van der Waals surface area contributed by atoms with Crippen LogP contribution < -0.4 is 21.9 Å². The third-order valence-electron chi connectivity index (χ3n) is 6.65. The van der Waals surface area contributed by atoms with E-state index >= 15 is 0 Å². The zero-order valence-corrected chi connectivity index (χ0v) is 18.6. The maximum atomic E-state index is 14.0. The molecule has 1 aliphatic heterocycles. The number of nitrogens with two attached hydrogens (primary N) is 1. The van der Waals surface area contributed by atoms with Crippen LogP contribution >= 0.6 is 0 Å². The lowest BCUT2D eigenvalue weighted by molar-refractivity contribution is 0.332. The largest absolute Gasteiger partial charge is 0.356 e. The molecule has 1 saturated heterocycles. The number of rotatable bonds is 4. The molecule has 1 fully saturated rings. The number of fused-ring (bicyclic) bond motifs is 1. The summed E-state index contributed by atoms with van der Waals surface area (Å²) in [5.74, 6) is 0.275. The van der Waals surface area contributed by atoms with Crippen molar-refractivity contribution in [3.8, 4) is 6.07 Å². The van der Waals surface area contributed by atoms with Crippen molar-refractivity contribution in [3.63, 3.8) is 0 Å². The van der Waals surface area contributed by atoms with E-state index in [1.165, 1.54) is 29.8 Å². The fourth-order valence-corrected chi connectivity index (χ4v) is 4.61. The SMILES string of the molecule is CC[C@@]1(N)CCCN(c2cc3c(c(=O)n(C)c(=O)n3C)n2Cc2cc(F)ccc2C#N)C1. The summed E-state index contributed by atoms with van der Waals surface area (Å²) in [6.45, 7) is 3.53. The topological polar surface area (TPSA) is 102 Å². The molecule has 0 saturated carbocycles. The Labute approximate surface area is 184 Å². The second kappa shape index (κ2) is 7.95. The lowest BCUT2D eigenvalue weighted by Crippen LogP contribution is -2.54. The fraction of sp³-hybridized carbons (Fsp3) is 0.435. The molecule has 0 spiro atoms. The van der Waals surface area contributed by atoms with Gasteiger partial charge in [-0.1, -0.05) is 6.92 Å². The maximum absolute atomic E-state index is 14.0. The highest BCUT2D eigenvalue weighted by Gasteiger charge is 2.32. The minimum Gasteiger partial charge on any atom is -0.356 e. The number of aromatic nitrogens is 3. The van der Waals surface area contributed by atoms with Gasteiger partial charge in [-0.3, -0.25) is 13.9 Å². The summed E-state index contributed by atoms with van der Waals surface area (Å²) < 4.78 is 18.3. The van der Waals surface area contributed by atoms with Crippen LogP contribution in [0.1, 0.15) is 37.3 Å². The van der Waals surface area contributed by atoms with Crippen molar-refractivity contribution in [1.82, 2.24) is 13.7 Å². The Morgan fingerprint density at radius 3 is 2.66 bits per heavy atom. The molecule has 1 atom stereocenters. The molecule has 0 radical (unpaired) electrons. The van der Waals surface area contributed by atoms with Gasteiger partial charge in [-0.2, -0.15) is 5.26 Å². The van der Waals surface area contributed by atoms with Gasteiger partial charge in [0.05, 0.1) is 23.7 Å². The minimum atomic E-state index is -0.456. The maximum Gasteiger partial charge on any atom is 0.331 e. The van der Waals surface area contributed by atoms with Crippen LogP contribution in [-0.2, 0) is 20.6 Å². The van der Waals surface area contributed by atoms with E-state index in [2.05, 4.69) is 17.9 Å². The van der Waals surface area contributed by atoms with Crippen LogP contribution in [0.15, 0.2) is 33.9 Å². The van der Waals surface area contributed by atoms with E-state index in [4.69, 9.17) is 5.73 Å². The Balaban J connectivity index is 1.98. The van der Waals surface area contributed by atoms with E-state index in [9.17, 15) is 19.2 Å². The Kier molecular flexibility index (Phi) is 5.42. The van der Waals surface area contributed by atoms with E-state index in [0.717, 1.165) is 36.2 Å². The Hall–Kier alpha value is -3.38. The molecule has 0 aliphatic carbocycles. The number of halogens is 1. The summed E-state index contributed by atoms with van der Waals surface area (Å²) >= 11 is 0. The van der Waals surface area contributed by atoms with Crippen molar-refractivity contribution in [3.05, 3.63) is 62.0 Å². The average molecular weight is 439 g/mol. The summed E-state index contributed by atoms with van der Waals surface area (Å²) in [7, 11) is 3.06. The van der Waals surface area contributed by atoms with Crippen molar-refractivity contribution in [2.45, 2.75) is 38.3 Å². The van der Waals surface area contributed by atoms with Gasteiger partial charge in [-0.05, 0) is 43.0 Å². The van der Waals surface area contributed by atoms with Gasteiger partial charge in [0.15, 0.2) is 0 Å². The first kappa shape index (κ1) is 21.8. The van der Waals surface area contributed by atoms with Gasteiger partial charge in [0.2, 0.25) is 0 Å². The molecule has 0 bridgehead atoms. The molecule has 1 aliphatic rings. The average Bonchev–Trinajstić information content (AvgIpc) is 3.16. The molecule has 0 amide bonds. The van der Waals surface area contributed by atoms with Gasteiger partial charge in [0, 0.05) is 38.8 Å². The number of hydrogen-bond donors (Lipinski definition) is 1. The number of anilines is 1. The first-order chi connectivity index (χ1) is 15.2. The molecule has 3 heterocycles. The van der Waals surface area contributed by atoms with Gasteiger partial charge in [-0.25, -0.2) is 9.18 Å². The van der Waals surface area contributed by atoms with Gasteiger partial charge < -0.3 is 15.2 Å². The van der Waals surface area contributed by atoms with Gasteiger partial charge in [-0.15, -0.1) is 0 Å². The van der Waals surface area contributed by atoms with Crippen LogP contribution in [0.2, 0.25) is 0 Å². The zero-order valence-electron chi connectivity index (χ0n) is 18.6. The summed E-state index contributed by atoms with van der Waals surface area (Å²) in [5.41, 5.74) is 7.01. The monoisotopic (exact) mass is 438 g/mol. The molecule has 4 rings (SSSR count). The highest BCUT2D eigenvalue weighted by molar-refractivity contribution is 5.81. The number of nitrogens with zero attached hydrogens (tertiary/aromatic N) is 5. The highest BCUT2D eigenvalue weighted by atomic mass is 19.1. The van der Waals surface area contributed by atoms with Crippen LogP contribution in [0.3, 0.4) is 0 Å². The molecule has 168 valence electrons. The molecule has 2 aromatic heterocycles. The third-order valence-corrected chi connectivity index (χ3v) is 6.65. The van der Waals surface area contributed by atoms with E-state index in [1.807, 2.05) is 6.07 Å². The normalized spacial score (nSPS) is 18.8. The molecule has 32 heavy (non-hydrogen) atoms. The summed E-state index contributed by atoms with van der Waals surface area (Å²) in [4.78, 5) is 27.8. The molecular weight excluding hydrogens is 411 g/mol. The Morgan fingerprint density at radius 1 is 1.22 bits per heavy atom. The molecule has 1 aromatic carbocycles. The van der Waals surface area contributed by atoms with Crippen molar-refractivity contribution in [1.29, 1.82) is 5.26 Å². The van der Waals surface area contributed by atoms with Crippen LogP contribution in [0, 0.1) is 17.1 Å². The van der Waals surface area contributed by atoms with Crippen molar-refractivity contribution in [2.24, 2.45) is 19.8 Å². The lowest BCUT2D eigenvalue weighted by Gasteiger charge is -2.41. The van der Waals surface area contributed by atoms with Crippen LogP contribution in [0.5, 0.6) is 0 Å². The quantitative estimate of drug-likeness (QED) is 0.669. The molecule has 2 N–H and O–H groups in total. The molecule has 8 nitrogen and oxygen atoms in total. The summed E-state index contributed by atoms with van der Waals surface area (Å²) in [6.07, 6.45) is 2.61. The van der Waals surface area contributed by atoms with Crippen molar-refractivity contribution in [2.75, 3.05) is 18.0 Å². The lowest BCUT2D eigenvalue weighted by atomic mass is 9.88. The van der Waals surface area contributed by atoms with Gasteiger partial charge in [0.1, 0.15) is 17.2 Å². The predicted molar refractivity (Wildman–Crippen MR) is 121 cm³/mol. The standard InChI is InChI=1S/C23H27FN6O2/c1-4-23(26)8-5-9-29(14-23)19-11-18-20(21(31)28(3)22(32)27(18)2)30(19)13-16-10-17(24)7-6-15(16)12-25/h6-7,10-11H,4-5,8-9,13-14,26H2,1-3H3/t23-/m1/s1. The number of aryl methyl sites for hydroxylation is 1. The second-order valence-corrected chi connectivity index (χ2v) is 8.68. The van der Waals surface area contributed by atoms with E-state index in [0.29, 0.717) is 28.7 Å². The smallest absolute Gasteiger partial charge is 0.331 e. The first-order valence-electron chi connectivity index (χ1n) is 10.7. The van der Waals surface area contributed by atoms with Crippen molar-refractivity contribution < 1.29 is 4.39 Å². The Morgan fingerprint density at radius 2 is 1.97 bits per heavy atom. The summed E-state index contributed by atoms with van der Waals surface area (Å²) in [5, 5.41) is 9.53. The predicted octanol–water partition coefficient (Wildman–Crippen LogP) is 1.81. The number of hydrogen-bond acceptors (Lipinski definition) is 5. The molecule has 9 heteroatoms. The fourth-order valence-electron chi connectivity index (χ4n) is 4.61. The van der Waals surface area contributed by atoms with Crippen LogP contribution in [0.4, 0.5) is 10.2 Å². The highest BCUT2D eigenvalue weighted by Crippen LogP contribution is 2.31. The number of benzene rings is 1. The molecule has 3 aromatic rings. The van der Waals surface area contributed by atoms with E-state index in [1.54, 1.807) is 11.6 Å². The summed E-state index contributed by atoms with van der Waals surface area (Å²) in [6, 6.07) is 7.92. The van der Waals surface area contributed by atoms with Gasteiger partial charge >= 0.3 is 5.69 Å². The van der Waals surface area contributed by atoms with E-state index in [-0.39, 0.29) is 12.1 Å². The molecular formula is C23H27FN6O2. The first-order valence-corrected chi connectivity index (χ1v) is 10.7. The minimum absolute atomic E-state index is 0.118. The van der Waals surface area contributed by atoms with Crippen LogP contribution in [0.25, 0.3) is 11.0 Å². The third kappa shape index (κ3) is 3.50. The van der Waals surface area contributed by atoms with Crippen molar-refractivity contribution >= 4 is 16.9 Å². The van der Waals surface area contributed by atoms with Gasteiger partial charge in [0.25, 0.3) is 5.56 Å². The number of nitriles is 1. The zero-order chi connectivity index (χ0) is 23.2. The molecule has 0 unspecified atom stereocenters. The second-order valence-electron chi connectivity index (χ2n) is 8.68. The van der Waals surface area contributed by atoms with E-state index < -0.39 is 17.1 Å².